The molecule has 4 aromatic carbocycles. The standard InChI is InChI=1S/C30H20Br2N6/c31-25-15-21(5-9-29(25)37-13-11-33-19-37)17-35-27-7-8-28(24-4-2-1-3-23(24)27)36-18-22-6-10-30(26(32)16-22)38-14-12-34-20-38/h1-20H. The van der Waals surface area contributed by atoms with Crippen molar-refractivity contribution in [1.29, 1.82) is 0 Å². The monoisotopic (exact) mass is 622 g/mol. The van der Waals surface area contributed by atoms with Crippen molar-refractivity contribution in [3.05, 3.63) is 130 Å². The van der Waals surface area contributed by atoms with Gasteiger partial charge in [0.25, 0.3) is 0 Å². The molecule has 0 fully saturated rings. The van der Waals surface area contributed by atoms with Crippen LogP contribution in [0.25, 0.3) is 22.1 Å². The Balaban J connectivity index is 1.27. The number of hydrogen-bond donors (Lipinski definition) is 0. The summed E-state index contributed by atoms with van der Waals surface area (Å²) in [4.78, 5) is 17.9. The fraction of sp³-hybridized carbons (Fsp3) is 0. The van der Waals surface area contributed by atoms with Crippen LogP contribution in [0.3, 0.4) is 0 Å². The van der Waals surface area contributed by atoms with Gasteiger partial charge in [-0.1, -0.05) is 36.4 Å². The normalized spacial score (nSPS) is 11.7. The van der Waals surface area contributed by atoms with Gasteiger partial charge in [0.2, 0.25) is 0 Å². The third-order valence-corrected chi connectivity index (χ3v) is 7.36. The second kappa shape index (κ2) is 10.7. The average Bonchev–Trinajstić information content (AvgIpc) is 3.66. The minimum Gasteiger partial charge on any atom is -0.305 e. The van der Waals surface area contributed by atoms with E-state index in [0.717, 1.165) is 53.6 Å². The highest BCUT2D eigenvalue weighted by Crippen LogP contribution is 2.34. The highest BCUT2D eigenvalue weighted by atomic mass is 79.9. The quantitative estimate of drug-likeness (QED) is 0.175. The molecule has 8 heteroatoms. The molecule has 2 heterocycles. The Kier molecular flexibility index (Phi) is 6.81. The van der Waals surface area contributed by atoms with Crippen molar-refractivity contribution in [1.82, 2.24) is 19.1 Å². The van der Waals surface area contributed by atoms with Crippen LogP contribution in [-0.2, 0) is 0 Å². The van der Waals surface area contributed by atoms with Crippen LogP contribution >= 0.6 is 31.9 Å². The van der Waals surface area contributed by atoms with E-state index in [1.54, 1.807) is 25.0 Å². The molecule has 0 saturated carbocycles. The molecule has 0 aliphatic rings. The van der Waals surface area contributed by atoms with Crippen LogP contribution in [0.4, 0.5) is 11.4 Å². The van der Waals surface area contributed by atoms with Crippen molar-refractivity contribution in [2.24, 2.45) is 9.98 Å². The van der Waals surface area contributed by atoms with Gasteiger partial charge in [-0.15, -0.1) is 0 Å². The summed E-state index contributed by atoms with van der Waals surface area (Å²) in [6.07, 6.45) is 14.7. The van der Waals surface area contributed by atoms with Gasteiger partial charge in [0, 0.05) is 56.9 Å². The predicted molar refractivity (Wildman–Crippen MR) is 161 cm³/mol. The molecule has 0 aliphatic carbocycles. The van der Waals surface area contributed by atoms with E-state index in [-0.39, 0.29) is 0 Å². The number of aliphatic imine (C=N–C) groups is 2. The highest BCUT2D eigenvalue weighted by molar-refractivity contribution is 9.11. The van der Waals surface area contributed by atoms with Gasteiger partial charge in [-0.25, -0.2) is 9.97 Å². The molecule has 6 rings (SSSR count). The van der Waals surface area contributed by atoms with Crippen LogP contribution in [0.1, 0.15) is 11.1 Å². The van der Waals surface area contributed by atoms with E-state index in [4.69, 9.17) is 9.98 Å². The zero-order chi connectivity index (χ0) is 25.9. The highest BCUT2D eigenvalue weighted by Gasteiger charge is 2.07. The topological polar surface area (TPSA) is 60.4 Å². The molecular weight excluding hydrogens is 604 g/mol. The molecular formula is C30H20Br2N6. The maximum atomic E-state index is 4.81. The summed E-state index contributed by atoms with van der Waals surface area (Å²) in [5, 5.41) is 2.09. The molecule has 0 amide bonds. The molecule has 0 bridgehead atoms. The fourth-order valence-electron chi connectivity index (χ4n) is 4.21. The van der Waals surface area contributed by atoms with E-state index in [0.29, 0.717) is 0 Å². The van der Waals surface area contributed by atoms with Crippen LogP contribution in [0.2, 0.25) is 0 Å². The summed E-state index contributed by atoms with van der Waals surface area (Å²) in [7, 11) is 0. The minimum atomic E-state index is 0.891. The number of nitrogens with zero attached hydrogens (tertiary/aromatic N) is 6. The molecule has 38 heavy (non-hydrogen) atoms. The van der Waals surface area contributed by atoms with Gasteiger partial charge < -0.3 is 9.13 Å². The first-order chi connectivity index (χ1) is 18.7. The Morgan fingerprint density at radius 3 is 1.47 bits per heavy atom. The number of imidazole rings is 2. The molecule has 6 nitrogen and oxygen atoms in total. The van der Waals surface area contributed by atoms with Crippen molar-refractivity contribution in [3.8, 4) is 11.4 Å². The third-order valence-electron chi connectivity index (χ3n) is 6.09. The van der Waals surface area contributed by atoms with Crippen LogP contribution < -0.4 is 0 Å². The van der Waals surface area contributed by atoms with Crippen molar-refractivity contribution >= 4 is 66.4 Å². The Bertz CT molecular complexity index is 1660. The molecule has 0 radical (unpaired) electrons. The number of aromatic nitrogens is 4. The zero-order valence-corrected chi connectivity index (χ0v) is 23.2. The van der Waals surface area contributed by atoms with E-state index in [9.17, 15) is 0 Å². The first-order valence-corrected chi connectivity index (χ1v) is 13.4. The number of rotatable bonds is 6. The van der Waals surface area contributed by atoms with Crippen LogP contribution in [0.5, 0.6) is 0 Å². The Morgan fingerprint density at radius 1 is 0.605 bits per heavy atom. The summed E-state index contributed by atoms with van der Waals surface area (Å²) >= 11 is 7.33. The second-order valence-corrected chi connectivity index (χ2v) is 10.2. The Labute approximate surface area is 236 Å². The second-order valence-electron chi connectivity index (χ2n) is 8.53. The molecule has 0 atom stereocenters. The molecule has 0 N–H and O–H groups in total. The summed E-state index contributed by atoms with van der Waals surface area (Å²) in [6, 6.07) is 24.5. The van der Waals surface area contributed by atoms with Crippen LogP contribution in [0.15, 0.2) is 129 Å². The van der Waals surface area contributed by atoms with Crippen LogP contribution in [-0.4, -0.2) is 31.5 Å². The lowest BCUT2D eigenvalue weighted by Crippen LogP contribution is -1.93. The van der Waals surface area contributed by atoms with Crippen molar-refractivity contribution in [2.75, 3.05) is 0 Å². The first-order valence-electron chi connectivity index (χ1n) is 11.8. The number of benzene rings is 4. The lowest BCUT2D eigenvalue weighted by Gasteiger charge is -2.08. The molecule has 0 saturated heterocycles. The molecule has 2 aromatic heterocycles. The van der Waals surface area contributed by atoms with E-state index < -0.39 is 0 Å². The SMILES string of the molecule is Brc1cc(C=Nc2ccc(N=Cc3ccc(-n4ccnc4)c(Br)c3)c3ccccc23)ccc1-n1ccnc1. The lowest BCUT2D eigenvalue weighted by molar-refractivity contribution is 1.05. The van der Waals surface area contributed by atoms with Gasteiger partial charge in [0.05, 0.1) is 35.4 Å². The third kappa shape index (κ3) is 5.01. The van der Waals surface area contributed by atoms with Crippen LogP contribution in [0, 0.1) is 0 Å². The van der Waals surface area contributed by atoms with Crippen molar-refractivity contribution < 1.29 is 0 Å². The number of halogens is 2. The van der Waals surface area contributed by atoms with Gasteiger partial charge in [0.1, 0.15) is 0 Å². The summed E-state index contributed by atoms with van der Waals surface area (Å²) < 4.78 is 5.87. The maximum absolute atomic E-state index is 4.81. The van der Waals surface area contributed by atoms with E-state index in [1.165, 1.54) is 0 Å². The Hall–Kier alpha value is -4.14. The van der Waals surface area contributed by atoms with Gasteiger partial charge >= 0.3 is 0 Å². The molecule has 184 valence electrons. The fourth-order valence-corrected chi connectivity index (χ4v) is 5.41. The largest absolute Gasteiger partial charge is 0.305 e. The van der Waals surface area contributed by atoms with Gasteiger partial charge in [0.15, 0.2) is 0 Å². The number of hydrogen-bond acceptors (Lipinski definition) is 4. The summed E-state index contributed by atoms with van der Waals surface area (Å²) in [5.41, 5.74) is 5.82. The predicted octanol–water partition coefficient (Wildman–Crippen LogP) is 8.24. The van der Waals surface area contributed by atoms with Crippen molar-refractivity contribution in [2.45, 2.75) is 0 Å². The molecule has 0 spiro atoms. The van der Waals surface area contributed by atoms with E-state index in [1.807, 2.05) is 82.5 Å². The summed E-state index contributed by atoms with van der Waals surface area (Å²) in [5.74, 6) is 0. The molecule has 6 aromatic rings. The maximum Gasteiger partial charge on any atom is 0.0992 e. The Morgan fingerprint density at radius 2 is 1.08 bits per heavy atom. The van der Waals surface area contributed by atoms with Gasteiger partial charge in [-0.2, -0.15) is 0 Å². The van der Waals surface area contributed by atoms with Gasteiger partial charge in [-0.3, -0.25) is 9.98 Å². The average molecular weight is 624 g/mol. The minimum absolute atomic E-state index is 0.891. The van der Waals surface area contributed by atoms with E-state index in [2.05, 4.69) is 66.1 Å². The van der Waals surface area contributed by atoms with Crippen molar-refractivity contribution in [3.63, 3.8) is 0 Å². The van der Waals surface area contributed by atoms with E-state index >= 15 is 0 Å². The molecule has 0 unspecified atom stereocenters. The first kappa shape index (κ1) is 24.2. The number of fused-ring (bicyclic) bond motifs is 1. The van der Waals surface area contributed by atoms with Gasteiger partial charge in [-0.05, 0) is 79.4 Å². The zero-order valence-electron chi connectivity index (χ0n) is 20.0. The smallest absolute Gasteiger partial charge is 0.0992 e. The lowest BCUT2D eigenvalue weighted by atomic mass is 10.1. The molecule has 0 aliphatic heterocycles. The summed E-state index contributed by atoms with van der Waals surface area (Å²) in [6.45, 7) is 0.